The summed E-state index contributed by atoms with van der Waals surface area (Å²) in [5.41, 5.74) is 4.01. The Morgan fingerprint density at radius 3 is 2.59 bits per heavy atom. The van der Waals surface area contributed by atoms with E-state index in [1.165, 1.54) is 30.0 Å². The first-order valence-electron chi connectivity index (χ1n) is 7.09. The number of amides is 1. The van der Waals surface area contributed by atoms with Crippen molar-refractivity contribution in [2.75, 3.05) is 32.1 Å². The van der Waals surface area contributed by atoms with Crippen LogP contribution in [0.15, 0.2) is 41.3 Å². The Labute approximate surface area is 135 Å². The fourth-order valence-electron chi connectivity index (χ4n) is 2.13. The van der Waals surface area contributed by atoms with E-state index < -0.39 is 0 Å². The Kier molecular flexibility index (Phi) is 6.06. The molecule has 2 rings (SSSR count). The third kappa shape index (κ3) is 4.37. The van der Waals surface area contributed by atoms with E-state index in [9.17, 15) is 4.79 Å². The summed E-state index contributed by atoms with van der Waals surface area (Å²) in [5.74, 6) is -0.0419. The van der Waals surface area contributed by atoms with Gasteiger partial charge in [0.15, 0.2) is 0 Å². The summed E-state index contributed by atoms with van der Waals surface area (Å²) in [6.07, 6.45) is 0. The van der Waals surface area contributed by atoms with Crippen LogP contribution >= 0.6 is 12.0 Å². The Morgan fingerprint density at radius 1 is 1.14 bits per heavy atom. The standard InChI is InChI=1S/C16H21N3O2S/c1-12(20)17-10-11-18-21-22-16-9-5-6-13-14(16)7-4-8-15(13)19(2)3/h4-9,18H,10-11H2,1-3H3,(H,17,20). The highest BCUT2D eigenvalue weighted by molar-refractivity contribution is 7.94. The van der Waals surface area contributed by atoms with Crippen molar-refractivity contribution in [2.45, 2.75) is 11.8 Å². The molecular formula is C16H21N3O2S. The van der Waals surface area contributed by atoms with Crippen molar-refractivity contribution in [1.29, 1.82) is 0 Å². The van der Waals surface area contributed by atoms with Crippen LogP contribution in [0, 0.1) is 0 Å². The summed E-state index contributed by atoms with van der Waals surface area (Å²) in [7, 11) is 4.07. The molecule has 0 unspecified atom stereocenters. The number of carbonyl (C=O) groups excluding carboxylic acids is 1. The molecule has 5 nitrogen and oxygen atoms in total. The number of hydrogen-bond acceptors (Lipinski definition) is 5. The van der Waals surface area contributed by atoms with Crippen LogP contribution in [0.25, 0.3) is 10.8 Å². The number of nitrogens with one attached hydrogen (secondary N) is 2. The summed E-state index contributed by atoms with van der Waals surface area (Å²) < 4.78 is 5.41. The Balaban J connectivity index is 2.00. The molecule has 0 spiro atoms. The van der Waals surface area contributed by atoms with Crippen molar-refractivity contribution < 1.29 is 9.08 Å². The quantitative estimate of drug-likeness (QED) is 0.467. The Morgan fingerprint density at radius 2 is 1.86 bits per heavy atom. The molecule has 2 aromatic rings. The second-order valence-corrected chi connectivity index (χ2v) is 5.84. The lowest BCUT2D eigenvalue weighted by atomic mass is 10.1. The molecule has 0 radical (unpaired) electrons. The number of hydroxylamine groups is 1. The first-order valence-corrected chi connectivity index (χ1v) is 7.83. The number of nitrogens with zero attached hydrogens (tertiary/aromatic N) is 1. The molecule has 0 saturated heterocycles. The molecule has 0 atom stereocenters. The van der Waals surface area contributed by atoms with Crippen LogP contribution in [-0.2, 0) is 9.08 Å². The SMILES string of the molecule is CC(=O)NCCNOSc1cccc2c(N(C)C)cccc12. The lowest BCUT2D eigenvalue weighted by Gasteiger charge is -2.16. The number of anilines is 1. The van der Waals surface area contributed by atoms with Gasteiger partial charge < -0.3 is 10.2 Å². The van der Waals surface area contributed by atoms with Gasteiger partial charge in [0.2, 0.25) is 5.91 Å². The molecule has 0 bridgehead atoms. The van der Waals surface area contributed by atoms with Gasteiger partial charge in [0.25, 0.3) is 0 Å². The van der Waals surface area contributed by atoms with Gasteiger partial charge in [-0.15, -0.1) is 0 Å². The van der Waals surface area contributed by atoms with Gasteiger partial charge in [-0.3, -0.25) is 4.79 Å². The second kappa shape index (κ2) is 8.03. The average molecular weight is 319 g/mol. The normalized spacial score (nSPS) is 10.7. The molecule has 2 aromatic carbocycles. The van der Waals surface area contributed by atoms with Crippen LogP contribution in [0.5, 0.6) is 0 Å². The van der Waals surface area contributed by atoms with E-state index in [1.807, 2.05) is 32.3 Å². The molecule has 118 valence electrons. The molecule has 1 amide bonds. The highest BCUT2D eigenvalue weighted by atomic mass is 32.2. The van der Waals surface area contributed by atoms with E-state index in [0.717, 1.165) is 10.3 Å². The van der Waals surface area contributed by atoms with Crippen LogP contribution < -0.4 is 15.7 Å². The molecule has 0 heterocycles. The Hall–Kier alpha value is -1.76. The molecule has 0 aliphatic heterocycles. The molecule has 22 heavy (non-hydrogen) atoms. The maximum Gasteiger partial charge on any atom is 0.216 e. The molecule has 0 fully saturated rings. The number of fused-ring (bicyclic) bond motifs is 1. The smallest absolute Gasteiger partial charge is 0.216 e. The van der Waals surface area contributed by atoms with Crippen LogP contribution in [0.2, 0.25) is 0 Å². The van der Waals surface area contributed by atoms with E-state index in [-0.39, 0.29) is 5.91 Å². The summed E-state index contributed by atoms with van der Waals surface area (Å²) >= 11 is 1.29. The summed E-state index contributed by atoms with van der Waals surface area (Å²) in [5, 5.41) is 5.05. The number of rotatable bonds is 7. The Bertz CT molecular complexity index is 646. The fraction of sp³-hybridized carbons (Fsp3) is 0.312. The highest BCUT2D eigenvalue weighted by Crippen LogP contribution is 2.32. The van der Waals surface area contributed by atoms with Gasteiger partial charge in [0.05, 0.1) is 12.0 Å². The van der Waals surface area contributed by atoms with Crippen molar-refractivity contribution in [3.05, 3.63) is 36.4 Å². The second-order valence-electron chi connectivity index (χ2n) is 5.07. The average Bonchev–Trinajstić information content (AvgIpc) is 2.49. The van der Waals surface area contributed by atoms with Crippen LogP contribution in [0.3, 0.4) is 0 Å². The predicted octanol–water partition coefficient (Wildman–Crippen LogP) is 2.57. The maximum atomic E-state index is 10.7. The zero-order chi connectivity index (χ0) is 15.9. The highest BCUT2D eigenvalue weighted by Gasteiger charge is 2.07. The first-order chi connectivity index (χ1) is 10.6. The van der Waals surface area contributed by atoms with Crippen molar-refractivity contribution in [3.63, 3.8) is 0 Å². The maximum absolute atomic E-state index is 10.7. The van der Waals surface area contributed by atoms with Crippen molar-refractivity contribution in [2.24, 2.45) is 0 Å². The lowest BCUT2D eigenvalue weighted by Crippen LogP contribution is -2.29. The van der Waals surface area contributed by atoms with Crippen molar-refractivity contribution in [1.82, 2.24) is 10.8 Å². The van der Waals surface area contributed by atoms with E-state index in [0.29, 0.717) is 13.1 Å². The summed E-state index contributed by atoms with van der Waals surface area (Å²) in [6, 6.07) is 12.4. The largest absolute Gasteiger partial charge is 0.377 e. The van der Waals surface area contributed by atoms with Gasteiger partial charge in [-0.2, -0.15) is 5.48 Å². The molecule has 0 saturated carbocycles. The van der Waals surface area contributed by atoms with E-state index in [2.05, 4.69) is 33.9 Å². The lowest BCUT2D eigenvalue weighted by molar-refractivity contribution is -0.118. The van der Waals surface area contributed by atoms with Crippen LogP contribution in [0.4, 0.5) is 5.69 Å². The van der Waals surface area contributed by atoms with Gasteiger partial charge in [0, 0.05) is 50.1 Å². The minimum atomic E-state index is -0.0419. The number of benzene rings is 2. The monoisotopic (exact) mass is 319 g/mol. The van der Waals surface area contributed by atoms with E-state index in [1.54, 1.807) is 0 Å². The topological polar surface area (TPSA) is 53.6 Å². The van der Waals surface area contributed by atoms with Crippen LogP contribution in [0.1, 0.15) is 6.92 Å². The fourth-order valence-corrected chi connectivity index (χ4v) is 2.77. The zero-order valence-electron chi connectivity index (χ0n) is 13.1. The zero-order valence-corrected chi connectivity index (χ0v) is 13.9. The molecule has 6 heteroatoms. The minimum Gasteiger partial charge on any atom is -0.377 e. The van der Waals surface area contributed by atoms with Crippen molar-refractivity contribution >= 4 is 34.4 Å². The molecule has 2 N–H and O–H groups in total. The van der Waals surface area contributed by atoms with Gasteiger partial charge in [-0.25, -0.2) is 4.28 Å². The molecule has 0 aliphatic carbocycles. The third-order valence-electron chi connectivity index (χ3n) is 3.13. The van der Waals surface area contributed by atoms with Gasteiger partial charge in [-0.1, -0.05) is 24.3 Å². The van der Waals surface area contributed by atoms with Crippen molar-refractivity contribution in [3.8, 4) is 0 Å². The van der Waals surface area contributed by atoms with Gasteiger partial charge >= 0.3 is 0 Å². The third-order valence-corrected chi connectivity index (χ3v) is 3.87. The first kappa shape index (κ1) is 16.6. The summed E-state index contributed by atoms with van der Waals surface area (Å²) in [4.78, 5) is 13.9. The summed E-state index contributed by atoms with van der Waals surface area (Å²) in [6.45, 7) is 2.59. The van der Waals surface area contributed by atoms with Gasteiger partial charge in [-0.05, 0) is 17.5 Å². The molecule has 0 aromatic heterocycles. The van der Waals surface area contributed by atoms with E-state index >= 15 is 0 Å². The molecule has 0 aliphatic rings. The predicted molar refractivity (Wildman–Crippen MR) is 91.9 cm³/mol. The van der Waals surface area contributed by atoms with E-state index in [4.69, 9.17) is 4.28 Å². The number of hydrogen-bond donors (Lipinski definition) is 2. The number of carbonyl (C=O) groups is 1. The molecular weight excluding hydrogens is 298 g/mol. The minimum absolute atomic E-state index is 0.0419. The van der Waals surface area contributed by atoms with Crippen LogP contribution in [-0.4, -0.2) is 33.1 Å². The van der Waals surface area contributed by atoms with Gasteiger partial charge in [0.1, 0.15) is 0 Å².